The molecule has 2 aliphatic heterocycles. The summed E-state index contributed by atoms with van der Waals surface area (Å²) in [5.41, 5.74) is 2.91. The number of benzene rings is 1. The number of para-hydroxylation sites is 1. The van der Waals surface area contributed by atoms with Crippen molar-refractivity contribution in [3.8, 4) is 5.75 Å². The van der Waals surface area contributed by atoms with E-state index < -0.39 is 5.69 Å². The molecule has 39 heavy (non-hydrogen) atoms. The van der Waals surface area contributed by atoms with Crippen LogP contribution < -0.4 is 20.9 Å². The molecule has 5 heterocycles. The Kier molecular flexibility index (Phi) is 14.3. The van der Waals surface area contributed by atoms with Crippen LogP contribution in [0.3, 0.4) is 0 Å². The molecule has 0 spiro atoms. The lowest BCUT2D eigenvalue weighted by Gasteiger charge is -2.46. The third-order valence-corrected chi connectivity index (χ3v) is 7.32. The zero-order chi connectivity index (χ0) is 29.1. The predicted octanol–water partition coefficient (Wildman–Crippen LogP) is 6.18. The van der Waals surface area contributed by atoms with E-state index in [9.17, 15) is 9.59 Å². The molecule has 1 saturated heterocycles. The van der Waals surface area contributed by atoms with Crippen molar-refractivity contribution in [3.63, 3.8) is 0 Å². The number of nitrogens with one attached hydrogen (secondary N) is 1. The fourth-order valence-electron chi connectivity index (χ4n) is 4.70. The van der Waals surface area contributed by atoms with Crippen LogP contribution >= 0.6 is 48.6 Å². The molecular weight excluding hydrogens is 739 g/mol. The summed E-state index contributed by atoms with van der Waals surface area (Å²) < 4.78 is 8.74. The highest BCUT2D eigenvalue weighted by Crippen LogP contribution is 2.37. The van der Waals surface area contributed by atoms with E-state index in [1.54, 1.807) is 6.20 Å². The second kappa shape index (κ2) is 16.6. The SMILES string of the molecule is CC.CC.Cc1cccc2c1N1CCN(Cn3c(=O)[nH]c4c(sc5cccnc54)c3=O)CC1CO2.II.[B]C. The Bertz CT molecular complexity index is 1460. The molecule has 210 valence electrons. The third kappa shape index (κ3) is 7.17. The summed E-state index contributed by atoms with van der Waals surface area (Å²) in [4.78, 5) is 37.7. The van der Waals surface area contributed by atoms with Gasteiger partial charge in [0.05, 0.1) is 36.5 Å². The Balaban J connectivity index is 0.000000614. The van der Waals surface area contributed by atoms with Crippen LogP contribution in [0.15, 0.2) is 46.1 Å². The highest BCUT2D eigenvalue weighted by Gasteiger charge is 2.34. The minimum absolute atomic E-state index is 0.189. The number of thiophene rings is 1. The van der Waals surface area contributed by atoms with E-state index in [1.807, 2.05) is 52.0 Å². The first-order valence-electron chi connectivity index (χ1n) is 13.0. The summed E-state index contributed by atoms with van der Waals surface area (Å²) in [6.07, 6.45) is 1.67. The van der Waals surface area contributed by atoms with Crippen molar-refractivity contribution in [2.24, 2.45) is 0 Å². The van der Waals surface area contributed by atoms with Gasteiger partial charge in [-0.1, -0.05) is 46.7 Å². The smallest absolute Gasteiger partial charge is 0.330 e. The molecule has 2 aliphatic rings. The number of aromatic nitrogens is 3. The Morgan fingerprint density at radius 2 is 1.82 bits per heavy atom. The molecule has 1 unspecified atom stereocenters. The molecular formula is C27H36BI2N5O3S. The van der Waals surface area contributed by atoms with E-state index in [4.69, 9.17) is 4.74 Å². The van der Waals surface area contributed by atoms with E-state index >= 15 is 0 Å². The monoisotopic (exact) mass is 775 g/mol. The number of nitrogens with zero attached hydrogens (tertiary/aromatic N) is 4. The van der Waals surface area contributed by atoms with E-state index in [1.165, 1.54) is 28.3 Å². The highest BCUT2D eigenvalue weighted by molar-refractivity contribution is 15.0. The minimum Gasteiger partial charge on any atom is -0.489 e. The van der Waals surface area contributed by atoms with Crippen LogP contribution in [-0.4, -0.2) is 59.6 Å². The molecule has 2 radical (unpaired) electrons. The lowest BCUT2D eigenvalue weighted by Crippen LogP contribution is -2.58. The van der Waals surface area contributed by atoms with Crippen molar-refractivity contribution in [3.05, 3.63) is 62.9 Å². The number of H-pyrrole nitrogens is 1. The summed E-state index contributed by atoms with van der Waals surface area (Å²) in [5, 5.41) is 0. The number of ether oxygens (including phenoxy) is 1. The van der Waals surface area contributed by atoms with E-state index in [0.717, 1.165) is 35.8 Å². The van der Waals surface area contributed by atoms with Gasteiger partial charge in [0.2, 0.25) is 0 Å². The molecule has 1 fully saturated rings. The Morgan fingerprint density at radius 3 is 2.54 bits per heavy atom. The first-order chi connectivity index (χ1) is 19.1. The minimum atomic E-state index is -0.397. The van der Waals surface area contributed by atoms with Gasteiger partial charge in [-0.3, -0.25) is 14.7 Å². The zero-order valence-corrected chi connectivity index (χ0v) is 28.5. The number of halogens is 2. The molecule has 0 aliphatic carbocycles. The number of rotatable bonds is 2. The zero-order valence-electron chi connectivity index (χ0n) is 23.3. The summed E-state index contributed by atoms with van der Waals surface area (Å²) in [7, 11) is 4.50. The topological polar surface area (TPSA) is 83.5 Å². The fourth-order valence-corrected chi connectivity index (χ4v) is 5.77. The largest absolute Gasteiger partial charge is 0.489 e. The normalized spacial score (nSPS) is 15.5. The second-order valence-corrected chi connectivity index (χ2v) is 9.17. The molecule has 0 saturated carbocycles. The van der Waals surface area contributed by atoms with Crippen molar-refractivity contribution >= 4 is 82.5 Å². The molecule has 12 heteroatoms. The lowest BCUT2D eigenvalue weighted by atomic mass is 10.1. The number of fused-ring (bicyclic) bond motifs is 6. The standard InChI is InChI=1S/C22H21N5O3S.2C2H6.CH3B.I2/c1-13-4-2-5-15-19(13)26-9-8-25(10-14(26)11-30-15)12-27-21(28)20-18(24-22(27)29)17-16(31-20)6-3-7-23-17;4*1-2/h2-7,14H,8-12H2,1H3,(H,24,29);2*1-2H3;1H3;. The van der Waals surface area contributed by atoms with E-state index in [2.05, 4.69) is 77.8 Å². The van der Waals surface area contributed by atoms with Gasteiger partial charge in [0, 0.05) is 63.1 Å². The molecule has 0 amide bonds. The molecule has 3 aromatic heterocycles. The number of piperazine rings is 1. The Morgan fingerprint density at radius 1 is 1.10 bits per heavy atom. The van der Waals surface area contributed by atoms with Gasteiger partial charge in [0.15, 0.2) is 0 Å². The van der Waals surface area contributed by atoms with Crippen LogP contribution in [0.5, 0.6) is 5.75 Å². The Labute approximate surface area is 258 Å². The van der Waals surface area contributed by atoms with Crippen LogP contribution in [0.25, 0.3) is 20.4 Å². The van der Waals surface area contributed by atoms with Gasteiger partial charge in [-0.15, -0.1) is 11.3 Å². The summed E-state index contributed by atoms with van der Waals surface area (Å²) >= 11 is 5.61. The number of aryl methyl sites for hydroxylation is 1. The van der Waals surface area contributed by atoms with Crippen LogP contribution in [0, 0.1) is 6.92 Å². The van der Waals surface area contributed by atoms with E-state index in [0.29, 0.717) is 22.3 Å². The Hall–Kier alpha value is -1.65. The summed E-state index contributed by atoms with van der Waals surface area (Å²) in [6, 6.07) is 10.1. The maximum Gasteiger partial charge on any atom is 0.330 e. The quantitative estimate of drug-likeness (QED) is 0.194. The first kappa shape index (κ1) is 33.6. The maximum atomic E-state index is 13.1. The molecule has 1 atom stereocenters. The van der Waals surface area contributed by atoms with Gasteiger partial charge >= 0.3 is 5.69 Å². The average Bonchev–Trinajstić information content (AvgIpc) is 3.38. The van der Waals surface area contributed by atoms with E-state index in [-0.39, 0.29) is 18.3 Å². The molecule has 0 bridgehead atoms. The van der Waals surface area contributed by atoms with Crippen LogP contribution in [0.1, 0.15) is 33.3 Å². The maximum absolute atomic E-state index is 13.1. The molecule has 4 aromatic rings. The summed E-state index contributed by atoms with van der Waals surface area (Å²) in [5.74, 6) is 0.932. The van der Waals surface area contributed by atoms with Crippen LogP contribution in [-0.2, 0) is 6.67 Å². The van der Waals surface area contributed by atoms with Crippen molar-refractivity contribution < 1.29 is 4.74 Å². The number of anilines is 1. The van der Waals surface area contributed by atoms with Gasteiger partial charge in [-0.2, -0.15) is 0 Å². The van der Waals surface area contributed by atoms with Gasteiger partial charge in [0.25, 0.3) is 5.56 Å². The third-order valence-electron chi connectivity index (χ3n) is 6.19. The van der Waals surface area contributed by atoms with Crippen molar-refractivity contribution in [1.29, 1.82) is 0 Å². The molecule has 6 rings (SSSR count). The number of hydrogen-bond acceptors (Lipinski definition) is 7. The van der Waals surface area contributed by atoms with Crippen molar-refractivity contribution in [1.82, 2.24) is 19.4 Å². The van der Waals surface area contributed by atoms with Gasteiger partial charge in [-0.05, 0) is 30.7 Å². The van der Waals surface area contributed by atoms with Crippen molar-refractivity contribution in [2.75, 3.05) is 31.1 Å². The van der Waals surface area contributed by atoms with Crippen LogP contribution in [0.4, 0.5) is 5.69 Å². The van der Waals surface area contributed by atoms with Gasteiger partial charge < -0.3 is 14.6 Å². The number of aromatic amines is 1. The number of pyridine rings is 1. The molecule has 1 N–H and O–H groups in total. The number of hydrogen-bond donors (Lipinski definition) is 1. The molecule has 1 aromatic carbocycles. The lowest BCUT2D eigenvalue weighted by molar-refractivity contribution is 0.137. The van der Waals surface area contributed by atoms with Crippen LogP contribution in [0.2, 0.25) is 6.82 Å². The summed E-state index contributed by atoms with van der Waals surface area (Å²) in [6.45, 7) is 14.8. The molecule has 8 nitrogen and oxygen atoms in total. The van der Waals surface area contributed by atoms with Gasteiger partial charge in [0.1, 0.15) is 22.6 Å². The van der Waals surface area contributed by atoms with Crippen molar-refractivity contribution in [2.45, 2.75) is 54.2 Å². The fraction of sp³-hybridized carbons (Fsp3) is 0.444. The second-order valence-electron chi connectivity index (χ2n) is 8.12. The highest BCUT2D eigenvalue weighted by atomic mass is 128. The average molecular weight is 775 g/mol. The predicted molar refractivity (Wildman–Crippen MR) is 184 cm³/mol. The first-order valence-corrected chi connectivity index (χ1v) is 20.1. The van der Waals surface area contributed by atoms with Gasteiger partial charge in [-0.25, -0.2) is 9.36 Å².